The topological polar surface area (TPSA) is 30.9 Å². The fourth-order valence-corrected chi connectivity index (χ4v) is 3.25. The molecule has 0 N–H and O–H groups in total. The summed E-state index contributed by atoms with van der Waals surface area (Å²) in [6, 6.07) is 0. The van der Waals surface area contributed by atoms with Crippen molar-refractivity contribution in [3.05, 3.63) is 0 Å². The molecule has 0 amide bonds. The quantitative estimate of drug-likeness (QED) is 0.745. The van der Waals surface area contributed by atoms with E-state index in [9.17, 15) is 0 Å². The molecule has 1 saturated carbocycles. The van der Waals surface area contributed by atoms with Crippen molar-refractivity contribution in [2.24, 2.45) is 0 Å². The van der Waals surface area contributed by atoms with Crippen LogP contribution in [0.3, 0.4) is 0 Å². The first-order valence-electron chi connectivity index (χ1n) is 9.30. The Morgan fingerprint density at radius 1 is 0.826 bits per heavy atom. The molecular formula is C19H37NO3. The molecule has 0 aromatic heterocycles. The molecule has 136 valence electrons. The van der Waals surface area contributed by atoms with Gasteiger partial charge in [0.25, 0.3) is 0 Å². The summed E-state index contributed by atoms with van der Waals surface area (Å²) in [7, 11) is 0. The molecule has 2 fully saturated rings. The zero-order valence-electron chi connectivity index (χ0n) is 16.1. The van der Waals surface area contributed by atoms with Gasteiger partial charge in [-0.25, -0.2) is 0 Å². The van der Waals surface area contributed by atoms with Crippen LogP contribution in [0.5, 0.6) is 0 Å². The predicted octanol–water partition coefficient (Wildman–Crippen LogP) is 3.63. The molecule has 1 saturated heterocycles. The number of piperidine rings is 1. The second-order valence-corrected chi connectivity index (χ2v) is 9.08. The third-order valence-corrected chi connectivity index (χ3v) is 4.43. The van der Waals surface area contributed by atoms with Crippen molar-refractivity contribution in [2.45, 2.75) is 96.7 Å². The van der Waals surface area contributed by atoms with Crippen LogP contribution in [0.4, 0.5) is 0 Å². The molecule has 0 spiro atoms. The van der Waals surface area contributed by atoms with E-state index in [1.54, 1.807) is 0 Å². The zero-order valence-corrected chi connectivity index (χ0v) is 16.1. The van der Waals surface area contributed by atoms with Crippen LogP contribution in [0.25, 0.3) is 0 Å². The Kier molecular flexibility index (Phi) is 6.51. The van der Waals surface area contributed by atoms with Crippen LogP contribution in [0.1, 0.15) is 67.2 Å². The van der Waals surface area contributed by atoms with Crippen molar-refractivity contribution in [1.29, 1.82) is 0 Å². The van der Waals surface area contributed by atoms with Gasteiger partial charge in [-0.15, -0.1) is 0 Å². The average Bonchev–Trinajstić information content (AvgIpc) is 2.35. The molecule has 4 nitrogen and oxygen atoms in total. The van der Waals surface area contributed by atoms with Crippen LogP contribution >= 0.6 is 0 Å². The van der Waals surface area contributed by atoms with E-state index in [0.717, 1.165) is 51.9 Å². The molecule has 1 aliphatic carbocycles. The monoisotopic (exact) mass is 327 g/mol. The van der Waals surface area contributed by atoms with Gasteiger partial charge in [0, 0.05) is 19.6 Å². The molecule has 1 aliphatic heterocycles. The predicted molar refractivity (Wildman–Crippen MR) is 93.9 cm³/mol. The molecule has 2 aliphatic rings. The number of nitrogens with zero attached hydrogens (tertiary/aromatic N) is 1. The van der Waals surface area contributed by atoms with Crippen molar-refractivity contribution in [2.75, 3.05) is 26.2 Å². The molecule has 0 radical (unpaired) electrons. The van der Waals surface area contributed by atoms with Crippen molar-refractivity contribution >= 4 is 0 Å². The second kappa shape index (κ2) is 7.81. The molecule has 2 rings (SSSR count). The highest BCUT2D eigenvalue weighted by molar-refractivity contribution is 4.85. The van der Waals surface area contributed by atoms with E-state index in [4.69, 9.17) is 14.2 Å². The van der Waals surface area contributed by atoms with Crippen LogP contribution in [0, 0.1) is 0 Å². The van der Waals surface area contributed by atoms with Gasteiger partial charge in [0.2, 0.25) is 0 Å². The highest BCUT2D eigenvalue weighted by Gasteiger charge is 2.35. The maximum absolute atomic E-state index is 6.24. The molecule has 4 heteroatoms. The van der Waals surface area contributed by atoms with Gasteiger partial charge >= 0.3 is 0 Å². The molecule has 0 unspecified atom stereocenters. The standard InChI is InChI=1S/C19H37NO3/c1-18(2,3)21-12-11-20-9-7-15(8-10-20)22-16-13-17(14-16)23-19(4,5)6/h15-17H,7-14H2,1-6H3. The Bertz CT molecular complexity index is 345. The van der Waals surface area contributed by atoms with Gasteiger partial charge in [-0.3, -0.25) is 0 Å². The Morgan fingerprint density at radius 2 is 1.43 bits per heavy atom. The summed E-state index contributed by atoms with van der Waals surface area (Å²) in [5, 5.41) is 0. The molecule has 0 aromatic carbocycles. The number of ether oxygens (including phenoxy) is 3. The normalized spacial score (nSPS) is 27.9. The maximum Gasteiger partial charge on any atom is 0.0631 e. The fraction of sp³-hybridized carbons (Fsp3) is 1.00. The lowest BCUT2D eigenvalue weighted by Crippen LogP contribution is -2.46. The number of rotatable bonds is 6. The Morgan fingerprint density at radius 3 is 1.96 bits per heavy atom. The van der Waals surface area contributed by atoms with Crippen LogP contribution in [0.15, 0.2) is 0 Å². The van der Waals surface area contributed by atoms with E-state index in [0.29, 0.717) is 18.3 Å². The largest absolute Gasteiger partial charge is 0.375 e. The van der Waals surface area contributed by atoms with Gasteiger partial charge in [-0.2, -0.15) is 0 Å². The minimum Gasteiger partial charge on any atom is -0.375 e. The summed E-state index contributed by atoms with van der Waals surface area (Å²) in [6.45, 7) is 16.8. The van der Waals surface area contributed by atoms with Crippen LogP contribution in [-0.4, -0.2) is 60.7 Å². The van der Waals surface area contributed by atoms with Crippen molar-refractivity contribution < 1.29 is 14.2 Å². The highest BCUT2D eigenvalue weighted by atomic mass is 16.5. The minimum atomic E-state index is -0.0316. The van der Waals surface area contributed by atoms with E-state index in [-0.39, 0.29) is 11.2 Å². The number of hydrogen-bond donors (Lipinski definition) is 0. The van der Waals surface area contributed by atoms with Gasteiger partial charge < -0.3 is 19.1 Å². The average molecular weight is 328 g/mol. The van der Waals surface area contributed by atoms with Crippen molar-refractivity contribution in [3.63, 3.8) is 0 Å². The lowest BCUT2D eigenvalue weighted by atomic mass is 9.90. The third-order valence-electron chi connectivity index (χ3n) is 4.43. The summed E-state index contributed by atoms with van der Waals surface area (Å²) >= 11 is 0. The first-order chi connectivity index (χ1) is 10.6. The van der Waals surface area contributed by atoms with E-state index in [1.807, 2.05) is 0 Å². The Labute approximate surface area is 142 Å². The van der Waals surface area contributed by atoms with E-state index < -0.39 is 0 Å². The SMILES string of the molecule is CC(C)(C)OCCN1CCC(OC2CC(OC(C)(C)C)C2)CC1. The van der Waals surface area contributed by atoms with Crippen LogP contribution < -0.4 is 0 Å². The zero-order chi connectivity index (χ0) is 17.1. The van der Waals surface area contributed by atoms with Gasteiger partial charge in [0.05, 0.1) is 36.1 Å². The highest BCUT2D eigenvalue weighted by Crippen LogP contribution is 2.32. The van der Waals surface area contributed by atoms with Crippen LogP contribution in [-0.2, 0) is 14.2 Å². The molecule has 0 aromatic rings. The lowest BCUT2D eigenvalue weighted by molar-refractivity contribution is -0.168. The third kappa shape index (κ3) is 7.51. The first-order valence-corrected chi connectivity index (χ1v) is 9.30. The smallest absolute Gasteiger partial charge is 0.0631 e. The summed E-state index contributed by atoms with van der Waals surface area (Å²) in [6.07, 6.45) is 5.69. The Balaban J connectivity index is 1.54. The first kappa shape index (κ1) is 19.2. The fourth-order valence-electron chi connectivity index (χ4n) is 3.25. The summed E-state index contributed by atoms with van der Waals surface area (Å²) in [4.78, 5) is 2.50. The summed E-state index contributed by atoms with van der Waals surface area (Å²) < 4.78 is 18.0. The van der Waals surface area contributed by atoms with E-state index in [2.05, 4.69) is 46.4 Å². The Hall–Kier alpha value is -0.160. The minimum absolute atomic E-state index is 0.0304. The van der Waals surface area contributed by atoms with Gasteiger partial charge in [0.15, 0.2) is 0 Å². The van der Waals surface area contributed by atoms with Gasteiger partial charge in [-0.05, 0) is 67.2 Å². The van der Waals surface area contributed by atoms with E-state index in [1.165, 1.54) is 0 Å². The summed E-state index contributed by atoms with van der Waals surface area (Å²) in [5.41, 5.74) is -0.0621. The lowest BCUT2D eigenvalue weighted by Gasteiger charge is -2.42. The maximum atomic E-state index is 6.24. The van der Waals surface area contributed by atoms with Gasteiger partial charge in [0.1, 0.15) is 0 Å². The summed E-state index contributed by atoms with van der Waals surface area (Å²) in [5.74, 6) is 0. The van der Waals surface area contributed by atoms with Crippen molar-refractivity contribution in [3.8, 4) is 0 Å². The molecule has 1 heterocycles. The van der Waals surface area contributed by atoms with Crippen molar-refractivity contribution in [1.82, 2.24) is 4.90 Å². The van der Waals surface area contributed by atoms with Crippen LogP contribution in [0.2, 0.25) is 0 Å². The second-order valence-electron chi connectivity index (χ2n) is 9.08. The number of hydrogen-bond acceptors (Lipinski definition) is 4. The molecule has 0 atom stereocenters. The molecule has 23 heavy (non-hydrogen) atoms. The van der Waals surface area contributed by atoms with E-state index >= 15 is 0 Å². The number of likely N-dealkylation sites (tertiary alicyclic amines) is 1. The molecule has 0 bridgehead atoms. The van der Waals surface area contributed by atoms with Gasteiger partial charge in [-0.1, -0.05) is 0 Å². The molecular weight excluding hydrogens is 290 g/mol.